The standard InChI is InChI=1S/C18H21N3O/c1-18(2,3)17-14(12-20-21-17)11-19-15-7-4-6-13(10-15)16-8-5-9-22-16/h4-10,12,19H,11H2,1-3H3,(H,20,21). The summed E-state index contributed by atoms with van der Waals surface area (Å²) in [7, 11) is 0. The number of aromatic amines is 1. The van der Waals surface area contributed by atoms with Crippen LogP contribution in [0.2, 0.25) is 0 Å². The zero-order valence-electron chi connectivity index (χ0n) is 13.2. The molecule has 2 aromatic heterocycles. The van der Waals surface area contributed by atoms with Gasteiger partial charge in [-0.25, -0.2) is 0 Å². The first-order valence-electron chi connectivity index (χ1n) is 7.44. The average Bonchev–Trinajstić information content (AvgIpc) is 3.16. The summed E-state index contributed by atoms with van der Waals surface area (Å²) in [6, 6.07) is 12.1. The molecule has 0 saturated carbocycles. The molecule has 0 radical (unpaired) electrons. The minimum atomic E-state index is 0.0591. The van der Waals surface area contributed by atoms with E-state index in [0.717, 1.165) is 23.6 Å². The lowest BCUT2D eigenvalue weighted by Crippen LogP contribution is -2.15. The molecule has 4 nitrogen and oxygen atoms in total. The van der Waals surface area contributed by atoms with Crippen molar-refractivity contribution in [2.75, 3.05) is 5.32 Å². The largest absolute Gasteiger partial charge is 0.464 e. The maximum absolute atomic E-state index is 5.45. The lowest BCUT2D eigenvalue weighted by Gasteiger charge is -2.18. The third-order valence-corrected chi connectivity index (χ3v) is 3.62. The first-order chi connectivity index (χ1) is 10.5. The normalized spacial score (nSPS) is 11.6. The van der Waals surface area contributed by atoms with E-state index in [4.69, 9.17) is 4.42 Å². The number of anilines is 1. The van der Waals surface area contributed by atoms with E-state index in [-0.39, 0.29) is 5.41 Å². The van der Waals surface area contributed by atoms with Gasteiger partial charge in [-0.05, 0) is 24.3 Å². The van der Waals surface area contributed by atoms with E-state index in [1.165, 1.54) is 11.3 Å². The average molecular weight is 295 g/mol. The Kier molecular flexibility index (Phi) is 3.75. The molecule has 0 bridgehead atoms. The molecule has 0 spiro atoms. The highest BCUT2D eigenvalue weighted by Gasteiger charge is 2.19. The molecule has 1 aromatic carbocycles. The second-order valence-corrected chi connectivity index (χ2v) is 6.43. The van der Waals surface area contributed by atoms with Gasteiger partial charge in [-0.3, -0.25) is 5.10 Å². The summed E-state index contributed by atoms with van der Waals surface area (Å²) < 4.78 is 5.45. The fraction of sp³-hybridized carbons (Fsp3) is 0.278. The summed E-state index contributed by atoms with van der Waals surface area (Å²) in [6.45, 7) is 7.29. The summed E-state index contributed by atoms with van der Waals surface area (Å²) in [5, 5.41) is 10.8. The first kappa shape index (κ1) is 14.4. The molecule has 0 aliphatic rings. The zero-order chi connectivity index (χ0) is 15.6. The summed E-state index contributed by atoms with van der Waals surface area (Å²) in [4.78, 5) is 0. The fourth-order valence-electron chi connectivity index (χ4n) is 2.52. The van der Waals surface area contributed by atoms with Crippen molar-refractivity contribution in [1.82, 2.24) is 10.2 Å². The summed E-state index contributed by atoms with van der Waals surface area (Å²) in [5.74, 6) is 0.877. The van der Waals surface area contributed by atoms with Crippen LogP contribution in [-0.2, 0) is 12.0 Å². The molecule has 0 aliphatic carbocycles. The summed E-state index contributed by atoms with van der Waals surface area (Å²) >= 11 is 0. The summed E-state index contributed by atoms with van der Waals surface area (Å²) in [5.41, 5.74) is 4.55. The first-order valence-corrected chi connectivity index (χ1v) is 7.44. The molecule has 0 unspecified atom stereocenters. The van der Waals surface area contributed by atoms with Crippen LogP contribution in [0.4, 0.5) is 5.69 Å². The van der Waals surface area contributed by atoms with Crippen LogP contribution in [0.25, 0.3) is 11.3 Å². The Hall–Kier alpha value is -2.49. The number of aromatic nitrogens is 2. The van der Waals surface area contributed by atoms with Crippen molar-refractivity contribution in [3.63, 3.8) is 0 Å². The smallest absolute Gasteiger partial charge is 0.133 e. The van der Waals surface area contributed by atoms with E-state index in [9.17, 15) is 0 Å². The van der Waals surface area contributed by atoms with Crippen molar-refractivity contribution in [2.45, 2.75) is 32.7 Å². The van der Waals surface area contributed by atoms with Crippen molar-refractivity contribution in [1.29, 1.82) is 0 Å². The molecule has 0 atom stereocenters. The molecule has 3 aromatic rings. The molecule has 22 heavy (non-hydrogen) atoms. The van der Waals surface area contributed by atoms with Crippen molar-refractivity contribution >= 4 is 5.69 Å². The van der Waals surface area contributed by atoms with Gasteiger partial charge in [0.05, 0.1) is 12.5 Å². The van der Waals surface area contributed by atoms with Gasteiger partial charge in [-0.1, -0.05) is 32.9 Å². The Bertz CT molecular complexity index is 736. The second-order valence-electron chi connectivity index (χ2n) is 6.43. The molecular weight excluding hydrogens is 274 g/mol. The van der Waals surface area contributed by atoms with Crippen LogP contribution < -0.4 is 5.32 Å². The minimum Gasteiger partial charge on any atom is -0.464 e. The van der Waals surface area contributed by atoms with Gasteiger partial charge in [-0.15, -0.1) is 0 Å². The Morgan fingerprint density at radius 1 is 1.18 bits per heavy atom. The minimum absolute atomic E-state index is 0.0591. The van der Waals surface area contributed by atoms with E-state index in [2.05, 4.69) is 48.4 Å². The van der Waals surface area contributed by atoms with Crippen LogP contribution in [0, 0.1) is 0 Å². The highest BCUT2D eigenvalue weighted by atomic mass is 16.3. The van der Waals surface area contributed by atoms with Gasteiger partial charge >= 0.3 is 0 Å². The van der Waals surface area contributed by atoms with E-state index in [1.807, 2.05) is 30.5 Å². The maximum atomic E-state index is 5.45. The molecule has 3 rings (SSSR count). The number of H-pyrrole nitrogens is 1. The second kappa shape index (κ2) is 5.72. The van der Waals surface area contributed by atoms with E-state index < -0.39 is 0 Å². The number of nitrogens with one attached hydrogen (secondary N) is 2. The SMILES string of the molecule is CC(C)(C)c1[nH]ncc1CNc1cccc(-c2ccco2)c1. The lowest BCUT2D eigenvalue weighted by atomic mass is 9.89. The molecule has 2 N–H and O–H groups in total. The predicted octanol–water partition coefficient (Wildman–Crippen LogP) is 4.58. The molecule has 114 valence electrons. The van der Waals surface area contributed by atoms with Gasteiger partial charge in [0, 0.05) is 34.5 Å². The van der Waals surface area contributed by atoms with Crippen LogP contribution in [0.3, 0.4) is 0 Å². The molecule has 0 amide bonds. The zero-order valence-corrected chi connectivity index (χ0v) is 13.2. The molecule has 0 saturated heterocycles. The van der Waals surface area contributed by atoms with Gasteiger partial charge in [0.15, 0.2) is 0 Å². The van der Waals surface area contributed by atoms with Crippen LogP contribution in [0.1, 0.15) is 32.0 Å². The number of nitrogens with zero attached hydrogens (tertiary/aromatic N) is 1. The molecular formula is C18H21N3O. The lowest BCUT2D eigenvalue weighted by molar-refractivity contribution is 0.561. The number of hydrogen-bond acceptors (Lipinski definition) is 3. The number of rotatable bonds is 4. The van der Waals surface area contributed by atoms with Crippen LogP contribution in [-0.4, -0.2) is 10.2 Å². The van der Waals surface area contributed by atoms with E-state index in [0.29, 0.717) is 0 Å². The molecule has 0 fully saturated rings. The maximum Gasteiger partial charge on any atom is 0.133 e. The van der Waals surface area contributed by atoms with Crippen molar-refractivity contribution < 1.29 is 4.42 Å². The summed E-state index contributed by atoms with van der Waals surface area (Å²) in [6.07, 6.45) is 3.58. The van der Waals surface area contributed by atoms with Gasteiger partial charge in [0.2, 0.25) is 0 Å². The molecule has 4 heteroatoms. The Balaban J connectivity index is 1.75. The quantitative estimate of drug-likeness (QED) is 0.740. The third kappa shape index (κ3) is 3.06. The number of furan rings is 1. The Morgan fingerprint density at radius 3 is 2.77 bits per heavy atom. The highest BCUT2D eigenvalue weighted by Crippen LogP contribution is 2.26. The monoisotopic (exact) mass is 295 g/mol. The number of benzene rings is 1. The van der Waals surface area contributed by atoms with Gasteiger partial charge in [0.25, 0.3) is 0 Å². The van der Waals surface area contributed by atoms with E-state index in [1.54, 1.807) is 6.26 Å². The molecule has 2 heterocycles. The Morgan fingerprint density at radius 2 is 2.05 bits per heavy atom. The number of hydrogen-bond donors (Lipinski definition) is 2. The van der Waals surface area contributed by atoms with Gasteiger partial charge in [0.1, 0.15) is 5.76 Å². The molecule has 0 aliphatic heterocycles. The fourth-order valence-corrected chi connectivity index (χ4v) is 2.52. The van der Waals surface area contributed by atoms with Crippen LogP contribution in [0.5, 0.6) is 0 Å². The third-order valence-electron chi connectivity index (χ3n) is 3.62. The highest BCUT2D eigenvalue weighted by molar-refractivity contribution is 5.63. The van der Waals surface area contributed by atoms with Gasteiger partial charge in [-0.2, -0.15) is 5.10 Å². The van der Waals surface area contributed by atoms with Crippen molar-refractivity contribution in [3.05, 3.63) is 60.1 Å². The Labute approximate surface area is 130 Å². The van der Waals surface area contributed by atoms with Crippen molar-refractivity contribution in [2.24, 2.45) is 0 Å². The van der Waals surface area contributed by atoms with Crippen molar-refractivity contribution in [3.8, 4) is 11.3 Å². The van der Waals surface area contributed by atoms with Gasteiger partial charge < -0.3 is 9.73 Å². The van der Waals surface area contributed by atoms with Crippen LogP contribution in [0.15, 0.2) is 53.3 Å². The topological polar surface area (TPSA) is 53.9 Å². The van der Waals surface area contributed by atoms with Crippen LogP contribution >= 0.6 is 0 Å². The predicted molar refractivity (Wildman–Crippen MR) is 88.8 cm³/mol. The van der Waals surface area contributed by atoms with E-state index >= 15 is 0 Å².